The number of aromatic nitrogens is 1. The summed E-state index contributed by atoms with van der Waals surface area (Å²) in [5.41, 5.74) is -0.124. The van der Waals surface area contributed by atoms with E-state index in [9.17, 15) is 19.1 Å². The van der Waals surface area contributed by atoms with Crippen molar-refractivity contribution in [1.29, 1.82) is 0 Å². The lowest BCUT2D eigenvalue weighted by atomic mass is 9.88. The Morgan fingerprint density at radius 3 is 2.90 bits per heavy atom. The third kappa shape index (κ3) is 2.79. The molecule has 1 aromatic heterocycles. The first-order valence-electron chi connectivity index (χ1n) is 6.67. The van der Waals surface area contributed by atoms with E-state index >= 15 is 0 Å². The van der Waals surface area contributed by atoms with Crippen LogP contribution in [-0.2, 0) is 4.79 Å². The molecule has 1 aromatic rings. The number of aliphatic carboxylic acids is 1. The number of carboxylic acid groups (broad SMARTS) is 1. The lowest BCUT2D eigenvalue weighted by Crippen LogP contribution is -2.50. The summed E-state index contributed by atoms with van der Waals surface area (Å²) in [6, 6.07) is 0.399. The van der Waals surface area contributed by atoms with Gasteiger partial charge >= 0.3 is 5.97 Å². The highest BCUT2D eigenvalue weighted by Gasteiger charge is 2.36. The number of carbonyl (C=O) groups is 2. The second kappa shape index (κ2) is 5.98. The van der Waals surface area contributed by atoms with Gasteiger partial charge in [0.1, 0.15) is 6.04 Å². The van der Waals surface area contributed by atoms with Gasteiger partial charge in [-0.2, -0.15) is 0 Å². The lowest BCUT2D eigenvalue weighted by Gasteiger charge is -2.37. The monoisotopic (exact) mass is 280 g/mol. The standard InChI is InChI=1S/C14H17FN2O3/c1-2-9-4-6-17(12(7-9)14(19)20)13(18)10-3-5-16-8-11(10)15/h3,5,8-9,12H,2,4,6-7H2,1H3,(H,19,20). The van der Waals surface area contributed by atoms with Crippen LogP contribution in [0, 0.1) is 11.7 Å². The number of likely N-dealkylation sites (tertiary alicyclic amines) is 1. The van der Waals surface area contributed by atoms with Crippen LogP contribution in [0.15, 0.2) is 18.5 Å². The van der Waals surface area contributed by atoms with E-state index in [2.05, 4.69) is 4.98 Å². The third-order valence-electron chi connectivity index (χ3n) is 3.84. The maximum Gasteiger partial charge on any atom is 0.326 e. The Bertz CT molecular complexity index is 521. The van der Waals surface area contributed by atoms with Crippen LogP contribution in [-0.4, -0.2) is 39.5 Å². The molecule has 1 aliphatic rings. The molecule has 1 fully saturated rings. The number of carbonyl (C=O) groups excluding carboxylic acids is 1. The first-order valence-corrected chi connectivity index (χ1v) is 6.67. The van der Waals surface area contributed by atoms with Crippen molar-refractivity contribution in [2.24, 2.45) is 5.92 Å². The van der Waals surface area contributed by atoms with Crippen molar-refractivity contribution in [3.63, 3.8) is 0 Å². The van der Waals surface area contributed by atoms with E-state index in [1.165, 1.54) is 17.2 Å². The van der Waals surface area contributed by atoms with Gasteiger partial charge in [-0.05, 0) is 24.8 Å². The highest BCUT2D eigenvalue weighted by molar-refractivity contribution is 5.96. The maximum atomic E-state index is 13.6. The summed E-state index contributed by atoms with van der Waals surface area (Å²) in [7, 11) is 0. The Labute approximate surface area is 116 Å². The first-order chi connectivity index (χ1) is 9.54. The van der Waals surface area contributed by atoms with Crippen LogP contribution in [0.5, 0.6) is 0 Å². The van der Waals surface area contributed by atoms with Crippen molar-refractivity contribution in [3.8, 4) is 0 Å². The minimum Gasteiger partial charge on any atom is -0.480 e. The fourth-order valence-electron chi connectivity index (χ4n) is 2.59. The topological polar surface area (TPSA) is 70.5 Å². The largest absolute Gasteiger partial charge is 0.480 e. The molecular formula is C14H17FN2O3. The Morgan fingerprint density at radius 2 is 2.30 bits per heavy atom. The van der Waals surface area contributed by atoms with Crippen molar-refractivity contribution in [2.45, 2.75) is 32.2 Å². The summed E-state index contributed by atoms with van der Waals surface area (Å²) in [5.74, 6) is -2.04. The SMILES string of the molecule is CCC1CCN(C(=O)c2ccncc2F)C(C(=O)O)C1. The van der Waals surface area contributed by atoms with Crippen molar-refractivity contribution in [3.05, 3.63) is 29.8 Å². The quantitative estimate of drug-likeness (QED) is 0.918. The number of hydrogen-bond donors (Lipinski definition) is 1. The highest BCUT2D eigenvalue weighted by Crippen LogP contribution is 2.27. The molecular weight excluding hydrogens is 263 g/mol. The van der Waals surface area contributed by atoms with Gasteiger partial charge in [-0.25, -0.2) is 9.18 Å². The van der Waals surface area contributed by atoms with Gasteiger partial charge < -0.3 is 10.0 Å². The molecule has 2 atom stereocenters. The van der Waals surface area contributed by atoms with E-state index in [0.29, 0.717) is 18.9 Å². The summed E-state index contributed by atoms with van der Waals surface area (Å²) < 4.78 is 13.6. The van der Waals surface area contributed by atoms with E-state index in [-0.39, 0.29) is 5.56 Å². The molecule has 5 nitrogen and oxygen atoms in total. The molecule has 2 unspecified atom stereocenters. The van der Waals surface area contributed by atoms with Gasteiger partial charge in [0.2, 0.25) is 0 Å². The molecule has 0 bridgehead atoms. The molecule has 20 heavy (non-hydrogen) atoms. The predicted molar refractivity (Wildman–Crippen MR) is 69.7 cm³/mol. The summed E-state index contributed by atoms with van der Waals surface area (Å²) in [5, 5.41) is 9.29. The van der Waals surface area contributed by atoms with E-state index in [0.717, 1.165) is 19.0 Å². The van der Waals surface area contributed by atoms with Crippen LogP contribution in [0.3, 0.4) is 0 Å². The van der Waals surface area contributed by atoms with E-state index < -0.39 is 23.7 Å². The summed E-state index contributed by atoms with van der Waals surface area (Å²) >= 11 is 0. The number of hydrogen-bond acceptors (Lipinski definition) is 3. The Morgan fingerprint density at radius 1 is 1.55 bits per heavy atom. The predicted octanol–water partition coefficient (Wildman–Crippen LogP) is 1.94. The number of rotatable bonds is 3. The number of piperidine rings is 1. The zero-order valence-corrected chi connectivity index (χ0v) is 11.3. The summed E-state index contributed by atoms with van der Waals surface area (Å²) in [6.07, 6.45) is 4.34. The van der Waals surface area contributed by atoms with Gasteiger partial charge in [-0.15, -0.1) is 0 Å². The molecule has 1 saturated heterocycles. The van der Waals surface area contributed by atoms with E-state index in [4.69, 9.17) is 0 Å². The molecule has 0 saturated carbocycles. The summed E-state index contributed by atoms with van der Waals surface area (Å²) in [6.45, 7) is 2.35. The average Bonchev–Trinajstić information content (AvgIpc) is 2.46. The van der Waals surface area contributed by atoms with Gasteiger partial charge in [-0.3, -0.25) is 9.78 Å². The molecule has 108 valence electrons. The van der Waals surface area contributed by atoms with Gasteiger partial charge in [0, 0.05) is 12.7 Å². The maximum absolute atomic E-state index is 13.6. The number of nitrogens with zero attached hydrogens (tertiary/aromatic N) is 2. The fourth-order valence-corrected chi connectivity index (χ4v) is 2.59. The first kappa shape index (κ1) is 14.4. The normalized spacial score (nSPS) is 22.6. The Balaban J connectivity index is 2.24. The molecule has 0 spiro atoms. The molecule has 0 aromatic carbocycles. The van der Waals surface area contributed by atoms with Crippen LogP contribution < -0.4 is 0 Å². The van der Waals surface area contributed by atoms with Crippen molar-refractivity contribution in [2.75, 3.05) is 6.54 Å². The smallest absolute Gasteiger partial charge is 0.326 e. The number of amides is 1. The number of pyridine rings is 1. The zero-order chi connectivity index (χ0) is 14.7. The van der Waals surface area contributed by atoms with Crippen molar-refractivity contribution < 1.29 is 19.1 Å². The minimum atomic E-state index is -1.04. The number of carboxylic acids is 1. The Kier molecular flexibility index (Phi) is 4.32. The molecule has 1 N–H and O–H groups in total. The Hall–Kier alpha value is -1.98. The van der Waals surface area contributed by atoms with Gasteiger partial charge in [0.05, 0.1) is 11.8 Å². The van der Waals surface area contributed by atoms with Crippen LogP contribution in [0.4, 0.5) is 4.39 Å². The van der Waals surface area contributed by atoms with Gasteiger partial charge in [0.15, 0.2) is 5.82 Å². The van der Waals surface area contributed by atoms with Crippen LogP contribution in [0.1, 0.15) is 36.5 Å². The molecule has 0 aliphatic carbocycles. The fraction of sp³-hybridized carbons (Fsp3) is 0.500. The molecule has 2 heterocycles. The summed E-state index contributed by atoms with van der Waals surface area (Å²) in [4.78, 5) is 28.5. The molecule has 6 heteroatoms. The third-order valence-corrected chi connectivity index (χ3v) is 3.84. The van der Waals surface area contributed by atoms with E-state index in [1.807, 2.05) is 6.92 Å². The molecule has 2 rings (SSSR count). The van der Waals surface area contributed by atoms with Gasteiger partial charge in [-0.1, -0.05) is 13.3 Å². The average molecular weight is 280 g/mol. The van der Waals surface area contributed by atoms with Gasteiger partial charge in [0.25, 0.3) is 5.91 Å². The van der Waals surface area contributed by atoms with Crippen molar-refractivity contribution in [1.82, 2.24) is 9.88 Å². The zero-order valence-electron chi connectivity index (χ0n) is 11.3. The van der Waals surface area contributed by atoms with Crippen LogP contribution in [0.25, 0.3) is 0 Å². The van der Waals surface area contributed by atoms with Crippen molar-refractivity contribution >= 4 is 11.9 Å². The van der Waals surface area contributed by atoms with E-state index in [1.54, 1.807) is 0 Å². The highest BCUT2D eigenvalue weighted by atomic mass is 19.1. The number of halogens is 1. The van der Waals surface area contributed by atoms with Crippen LogP contribution >= 0.6 is 0 Å². The van der Waals surface area contributed by atoms with Crippen LogP contribution in [0.2, 0.25) is 0 Å². The second-order valence-electron chi connectivity index (χ2n) is 5.01. The second-order valence-corrected chi connectivity index (χ2v) is 5.01. The lowest BCUT2D eigenvalue weighted by molar-refractivity contribution is -0.144. The molecule has 1 aliphatic heterocycles. The minimum absolute atomic E-state index is 0.124. The molecule has 0 radical (unpaired) electrons. The molecule has 1 amide bonds.